The third kappa shape index (κ3) is 2.21. The Morgan fingerprint density at radius 3 is 3.00 bits per heavy atom. The van der Waals surface area contributed by atoms with E-state index in [1.807, 2.05) is 24.4 Å². The van der Waals surface area contributed by atoms with E-state index in [0.717, 1.165) is 22.9 Å². The van der Waals surface area contributed by atoms with Crippen LogP contribution in [-0.4, -0.2) is 16.6 Å². The molecule has 0 saturated heterocycles. The lowest BCUT2D eigenvalue weighted by atomic mass is 10.0. The maximum Gasteiger partial charge on any atom is 0.0811 e. The number of aliphatic hydroxyl groups excluding tert-OH is 1. The van der Waals surface area contributed by atoms with E-state index in [9.17, 15) is 5.11 Å². The highest BCUT2D eigenvalue weighted by atomic mass is 35.5. The Labute approximate surface area is 99.2 Å². The van der Waals surface area contributed by atoms with E-state index >= 15 is 0 Å². The molecule has 4 N–H and O–H groups in total. The van der Waals surface area contributed by atoms with Crippen molar-refractivity contribution in [3.8, 4) is 0 Å². The number of halogens is 1. The van der Waals surface area contributed by atoms with Gasteiger partial charge in [0.1, 0.15) is 0 Å². The number of hydrogen-bond donors (Lipinski definition) is 3. The third-order valence-corrected chi connectivity index (χ3v) is 2.95. The zero-order chi connectivity index (χ0) is 11.5. The first-order chi connectivity index (χ1) is 7.72. The summed E-state index contributed by atoms with van der Waals surface area (Å²) in [7, 11) is 0. The molecular formula is C12H15ClN2O. The highest BCUT2D eigenvalue weighted by molar-refractivity contribution is 6.31. The number of nitrogens with one attached hydrogen (secondary N) is 1. The molecule has 3 nitrogen and oxygen atoms in total. The molecule has 4 heteroatoms. The van der Waals surface area contributed by atoms with Gasteiger partial charge >= 0.3 is 0 Å². The molecule has 0 fully saturated rings. The molecule has 1 aromatic heterocycles. The minimum Gasteiger partial charge on any atom is -0.388 e. The van der Waals surface area contributed by atoms with Crippen LogP contribution in [0.2, 0.25) is 5.02 Å². The van der Waals surface area contributed by atoms with E-state index in [-0.39, 0.29) is 0 Å². The van der Waals surface area contributed by atoms with Crippen molar-refractivity contribution in [3.63, 3.8) is 0 Å². The molecule has 0 aliphatic carbocycles. The van der Waals surface area contributed by atoms with Gasteiger partial charge in [0, 0.05) is 27.7 Å². The fourth-order valence-corrected chi connectivity index (χ4v) is 2.04. The maximum absolute atomic E-state index is 10.00. The maximum atomic E-state index is 10.00. The van der Waals surface area contributed by atoms with E-state index < -0.39 is 6.10 Å². The van der Waals surface area contributed by atoms with Gasteiger partial charge in [-0.1, -0.05) is 17.7 Å². The van der Waals surface area contributed by atoms with Crippen LogP contribution in [0.25, 0.3) is 10.9 Å². The molecule has 0 amide bonds. The van der Waals surface area contributed by atoms with Crippen LogP contribution < -0.4 is 5.73 Å². The Morgan fingerprint density at radius 2 is 2.25 bits per heavy atom. The summed E-state index contributed by atoms with van der Waals surface area (Å²) in [6.45, 7) is 0.602. The normalized spacial score (nSPS) is 13.2. The first kappa shape index (κ1) is 11.5. The molecule has 1 unspecified atom stereocenters. The van der Waals surface area contributed by atoms with Crippen molar-refractivity contribution in [3.05, 3.63) is 35.0 Å². The molecular weight excluding hydrogens is 224 g/mol. The summed E-state index contributed by atoms with van der Waals surface area (Å²) in [4.78, 5) is 3.11. The molecule has 0 radical (unpaired) electrons. The number of aromatic nitrogens is 1. The van der Waals surface area contributed by atoms with Gasteiger partial charge in [0.2, 0.25) is 0 Å². The second kappa shape index (κ2) is 4.87. The average molecular weight is 239 g/mol. The molecule has 0 aliphatic heterocycles. The Morgan fingerprint density at radius 1 is 1.44 bits per heavy atom. The highest BCUT2D eigenvalue weighted by Gasteiger charge is 2.12. The van der Waals surface area contributed by atoms with Crippen LogP contribution in [0.3, 0.4) is 0 Å². The Kier molecular flexibility index (Phi) is 3.49. The van der Waals surface area contributed by atoms with Gasteiger partial charge in [-0.05, 0) is 31.5 Å². The van der Waals surface area contributed by atoms with Gasteiger partial charge in [0.25, 0.3) is 0 Å². The van der Waals surface area contributed by atoms with Gasteiger partial charge < -0.3 is 15.8 Å². The minimum atomic E-state index is -0.460. The van der Waals surface area contributed by atoms with Gasteiger partial charge in [-0.3, -0.25) is 0 Å². The van der Waals surface area contributed by atoms with Gasteiger partial charge in [0.15, 0.2) is 0 Å². The van der Waals surface area contributed by atoms with Crippen LogP contribution in [0.4, 0.5) is 0 Å². The van der Waals surface area contributed by atoms with Gasteiger partial charge in [-0.25, -0.2) is 0 Å². The minimum absolute atomic E-state index is 0.460. The molecule has 0 saturated carbocycles. The number of rotatable bonds is 4. The zero-order valence-corrected chi connectivity index (χ0v) is 9.67. The average Bonchev–Trinajstić information content (AvgIpc) is 2.68. The Hall–Kier alpha value is -1.03. The molecule has 0 aliphatic rings. The standard InChI is InChI=1S/C12H15ClN2O/c13-8-3-4-9-10(7-15-11(9)6-8)12(16)2-1-5-14/h3-4,6-7,12,15-16H,1-2,5,14H2. The molecule has 2 rings (SSSR count). The van der Waals surface area contributed by atoms with Crippen molar-refractivity contribution in [2.24, 2.45) is 5.73 Å². The molecule has 2 aromatic rings. The molecule has 1 heterocycles. The zero-order valence-electron chi connectivity index (χ0n) is 8.91. The topological polar surface area (TPSA) is 62.0 Å². The summed E-state index contributed by atoms with van der Waals surface area (Å²) < 4.78 is 0. The van der Waals surface area contributed by atoms with Crippen LogP contribution >= 0.6 is 11.6 Å². The van der Waals surface area contributed by atoms with Crippen LogP contribution in [0.1, 0.15) is 24.5 Å². The van der Waals surface area contributed by atoms with Crippen molar-refractivity contribution in [1.82, 2.24) is 4.98 Å². The van der Waals surface area contributed by atoms with Gasteiger partial charge in [0.05, 0.1) is 6.10 Å². The largest absolute Gasteiger partial charge is 0.388 e. The quantitative estimate of drug-likeness (QED) is 0.767. The fraction of sp³-hybridized carbons (Fsp3) is 0.333. The first-order valence-electron chi connectivity index (χ1n) is 5.37. The predicted octanol–water partition coefficient (Wildman–Crippen LogP) is 2.59. The number of fused-ring (bicyclic) bond motifs is 1. The van der Waals surface area contributed by atoms with Crippen molar-refractivity contribution in [2.45, 2.75) is 18.9 Å². The van der Waals surface area contributed by atoms with Gasteiger partial charge in [-0.2, -0.15) is 0 Å². The van der Waals surface area contributed by atoms with E-state index in [4.69, 9.17) is 17.3 Å². The van der Waals surface area contributed by atoms with Crippen LogP contribution in [0.5, 0.6) is 0 Å². The number of nitrogens with two attached hydrogens (primary N) is 1. The smallest absolute Gasteiger partial charge is 0.0811 e. The molecule has 1 aromatic carbocycles. The Balaban J connectivity index is 2.31. The summed E-state index contributed by atoms with van der Waals surface area (Å²) in [5.74, 6) is 0. The first-order valence-corrected chi connectivity index (χ1v) is 5.75. The van der Waals surface area contributed by atoms with Crippen molar-refractivity contribution in [2.75, 3.05) is 6.54 Å². The van der Waals surface area contributed by atoms with E-state index in [2.05, 4.69) is 4.98 Å². The predicted molar refractivity (Wildman–Crippen MR) is 66.6 cm³/mol. The second-order valence-electron chi connectivity index (χ2n) is 3.88. The number of aliphatic hydroxyl groups is 1. The van der Waals surface area contributed by atoms with Crippen LogP contribution in [0.15, 0.2) is 24.4 Å². The summed E-state index contributed by atoms with van der Waals surface area (Å²) in [5, 5.41) is 11.7. The molecule has 1 atom stereocenters. The summed E-state index contributed by atoms with van der Waals surface area (Å²) >= 11 is 5.89. The molecule has 86 valence electrons. The molecule has 0 spiro atoms. The summed E-state index contributed by atoms with van der Waals surface area (Å²) in [6, 6.07) is 5.61. The summed E-state index contributed by atoms with van der Waals surface area (Å²) in [6.07, 6.45) is 2.88. The monoisotopic (exact) mass is 238 g/mol. The van der Waals surface area contributed by atoms with Gasteiger partial charge in [-0.15, -0.1) is 0 Å². The third-order valence-electron chi connectivity index (χ3n) is 2.72. The van der Waals surface area contributed by atoms with Crippen molar-refractivity contribution in [1.29, 1.82) is 0 Å². The lowest BCUT2D eigenvalue weighted by molar-refractivity contribution is 0.167. The van der Waals surface area contributed by atoms with E-state index in [0.29, 0.717) is 18.0 Å². The van der Waals surface area contributed by atoms with E-state index in [1.165, 1.54) is 0 Å². The van der Waals surface area contributed by atoms with E-state index in [1.54, 1.807) is 0 Å². The number of hydrogen-bond acceptors (Lipinski definition) is 2. The lowest BCUT2D eigenvalue weighted by Crippen LogP contribution is -2.03. The SMILES string of the molecule is NCCCC(O)c1c[nH]c2cc(Cl)ccc12. The lowest BCUT2D eigenvalue weighted by Gasteiger charge is -2.08. The van der Waals surface area contributed by atoms with Crippen molar-refractivity contribution >= 4 is 22.5 Å². The Bertz CT molecular complexity index is 481. The van der Waals surface area contributed by atoms with Crippen LogP contribution in [0, 0.1) is 0 Å². The molecule has 0 bridgehead atoms. The second-order valence-corrected chi connectivity index (χ2v) is 4.32. The summed E-state index contributed by atoms with van der Waals surface area (Å²) in [5.41, 5.74) is 7.30. The highest BCUT2D eigenvalue weighted by Crippen LogP contribution is 2.28. The number of H-pyrrole nitrogens is 1. The fourth-order valence-electron chi connectivity index (χ4n) is 1.86. The number of benzene rings is 1. The van der Waals surface area contributed by atoms with Crippen molar-refractivity contribution < 1.29 is 5.11 Å². The van der Waals surface area contributed by atoms with Crippen LogP contribution in [-0.2, 0) is 0 Å². The number of aromatic amines is 1. The molecule has 16 heavy (non-hydrogen) atoms.